The SMILES string of the molecule is CSc1sc(NC(=O)CCc2nc(-c3ccsc3)no2)nc1C. The summed E-state index contributed by atoms with van der Waals surface area (Å²) in [5, 5.41) is 11.3. The zero-order chi connectivity index (χ0) is 16.2. The molecule has 1 amide bonds. The highest BCUT2D eigenvalue weighted by molar-refractivity contribution is 8.00. The number of aryl methyl sites for hydroxylation is 2. The monoisotopic (exact) mass is 366 g/mol. The molecule has 9 heteroatoms. The Labute approximate surface area is 145 Å². The van der Waals surface area contributed by atoms with E-state index in [1.165, 1.54) is 11.3 Å². The fraction of sp³-hybridized carbons (Fsp3) is 0.286. The molecule has 0 bridgehead atoms. The number of aromatic nitrogens is 3. The minimum absolute atomic E-state index is 0.110. The predicted octanol–water partition coefficient (Wildman–Crippen LogP) is 3.86. The van der Waals surface area contributed by atoms with Crippen LogP contribution in [0.1, 0.15) is 18.0 Å². The zero-order valence-corrected chi connectivity index (χ0v) is 15.0. The molecule has 3 aromatic heterocycles. The van der Waals surface area contributed by atoms with Crippen molar-refractivity contribution in [2.45, 2.75) is 24.0 Å². The van der Waals surface area contributed by atoms with Crippen LogP contribution in [0.4, 0.5) is 5.13 Å². The molecule has 0 aliphatic carbocycles. The van der Waals surface area contributed by atoms with Gasteiger partial charge in [-0.15, -0.1) is 11.8 Å². The second kappa shape index (κ2) is 7.24. The Morgan fingerprint density at radius 2 is 2.30 bits per heavy atom. The number of anilines is 1. The molecule has 0 aliphatic heterocycles. The van der Waals surface area contributed by atoms with Gasteiger partial charge >= 0.3 is 0 Å². The lowest BCUT2D eigenvalue weighted by Crippen LogP contribution is -2.12. The third-order valence-electron chi connectivity index (χ3n) is 3.00. The standard InChI is InChI=1S/C14H14N4O2S3/c1-8-13(21-2)23-14(15-8)16-10(19)3-4-11-17-12(18-20-11)9-5-6-22-7-9/h5-7H,3-4H2,1-2H3,(H,15,16,19). The van der Waals surface area contributed by atoms with Crippen LogP contribution in [0.25, 0.3) is 11.4 Å². The summed E-state index contributed by atoms with van der Waals surface area (Å²) in [5.41, 5.74) is 1.87. The van der Waals surface area contributed by atoms with E-state index in [0.717, 1.165) is 15.5 Å². The van der Waals surface area contributed by atoms with E-state index < -0.39 is 0 Å². The summed E-state index contributed by atoms with van der Waals surface area (Å²) < 4.78 is 6.29. The Balaban J connectivity index is 1.54. The molecule has 3 aromatic rings. The molecule has 0 radical (unpaired) electrons. The third kappa shape index (κ3) is 3.98. The molecule has 1 N–H and O–H groups in total. The molecule has 120 valence electrons. The molecule has 0 unspecified atom stereocenters. The van der Waals surface area contributed by atoms with Gasteiger partial charge in [0, 0.05) is 23.8 Å². The molecule has 3 rings (SSSR count). The molecule has 0 saturated heterocycles. The number of nitrogens with one attached hydrogen (secondary N) is 1. The highest BCUT2D eigenvalue weighted by Crippen LogP contribution is 2.30. The normalized spacial score (nSPS) is 10.9. The van der Waals surface area contributed by atoms with Gasteiger partial charge in [-0.3, -0.25) is 4.79 Å². The largest absolute Gasteiger partial charge is 0.339 e. The quantitative estimate of drug-likeness (QED) is 0.667. The number of carbonyl (C=O) groups is 1. The van der Waals surface area contributed by atoms with Gasteiger partial charge in [0.2, 0.25) is 17.6 Å². The van der Waals surface area contributed by atoms with E-state index in [0.29, 0.717) is 23.3 Å². The molecule has 0 spiro atoms. The average Bonchev–Trinajstić information content (AvgIpc) is 3.25. The maximum Gasteiger partial charge on any atom is 0.227 e. The highest BCUT2D eigenvalue weighted by Gasteiger charge is 2.13. The van der Waals surface area contributed by atoms with E-state index in [1.54, 1.807) is 23.1 Å². The van der Waals surface area contributed by atoms with Gasteiger partial charge in [-0.05, 0) is 24.6 Å². The first-order valence-corrected chi connectivity index (χ1v) is 9.80. The number of carbonyl (C=O) groups excluding carboxylic acids is 1. The van der Waals surface area contributed by atoms with Crippen molar-refractivity contribution >= 4 is 45.5 Å². The van der Waals surface area contributed by atoms with E-state index in [-0.39, 0.29) is 12.3 Å². The average molecular weight is 366 g/mol. The van der Waals surface area contributed by atoms with Gasteiger partial charge in [0.1, 0.15) is 0 Å². The molecule has 0 atom stereocenters. The van der Waals surface area contributed by atoms with Crippen LogP contribution in [0, 0.1) is 6.92 Å². The van der Waals surface area contributed by atoms with Crippen LogP contribution in [0.5, 0.6) is 0 Å². The summed E-state index contributed by atoms with van der Waals surface area (Å²) in [7, 11) is 0. The lowest BCUT2D eigenvalue weighted by atomic mass is 10.3. The van der Waals surface area contributed by atoms with Crippen molar-refractivity contribution in [1.29, 1.82) is 0 Å². The maximum absolute atomic E-state index is 12.0. The summed E-state index contributed by atoms with van der Waals surface area (Å²) in [6.07, 6.45) is 2.67. The Bertz CT molecular complexity index is 795. The Kier molecular flexibility index (Phi) is 5.09. The summed E-state index contributed by atoms with van der Waals surface area (Å²) in [6, 6.07) is 1.93. The summed E-state index contributed by atoms with van der Waals surface area (Å²) in [6.45, 7) is 1.93. The van der Waals surface area contributed by atoms with Crippen molar-refractivity contribution in [2.24, 2.45) is 0 Å². The van der Waals surface area contributed by atoms with Crippen molar-refractivity contribution in [2.75, 3.05) is 11.6 Å². The molecule has 3 heterocycles. The van der Waals surface area contributed by atoms with Gasteiger partial charge in [0.25, 0.3) is 0 Å². The van der Waals surface area contributed by atoms with Crippen LogP contribution < -0.4 is 5.32 Å². The number of rotatable bonds is 6. The Hall–Kier alpha value is -1.71. The van der Waals surface area contributed by atoms with Crippen molar-refractivity contribution in [1.82, 2.24) is 15.1 Å². The number of nitrogens with zero attached hydrogens (tertiary/aromatic N) is 3. The van der Waals surface area contributed by atoms with Crippen LogP contribution in [0.15, 0.2) is 25.6 Å². The third-order valence-corrected chi connectivity index (χ3v) is 5.97. The second-order valence-corrected chi connectivity index (χ2v) is 7.52. The summed E-state index contributed by atoms with van der Waals surface area (Å²) >= 11 is 4.68. The van der Waals surface area contributed by atoms with Crippen LogP contribution in [0.2, 0.25) is 0 Å². The Morgan fingerprint density at radius 3 is 3.00 bits per heavy atom. The van der Waals surface area contributed by atoms with Gasteiger partial charge in [-0.1, -0.05) is 16.5 Å². The van der Waals surface area contributed by atoms with Crippen molar-refractivity contribution in [3.8, 4) is 11.4 Å². The molecule has 0 aliphatic rings. The van der Waals surface area contributed by atoms with Crippen LogP contribution in [-0.4, -0.2) is 27.3 Å². The molecule has 0 aromatic carbocycles. The van der Waals surface area contributed by atoms with E-state index >= 15 is 0 Å². The molecule has 0 fully saturated rings. The number of hydrogen-bond acceptors (Lipinski definition) is 8. The van der Waals surface area contributed by atoms with E-state index in [1.807, 2.05) is 30.0 Å². The predicted molar refractivity (Wildman–Crippen MR) is 93.2 cm³/mol. The zero-order valence-electron chi connectivity index (χ0n) is 12.5. The van der Waals surface area contributed by atoms with E-state index in [9.17, 15) is 4.79 Å². The molecule has 0 saturated carbocycles. The number of thioether (sulfide) groups is 1. The van der Waals surface area contributed by atoms with Crippen LogP contribution in [0.3, 0.4) is 0 Å². The first kappa shape index (κ1) is 16.2. The van der Waals surface area contributed by atoms with Crippen LogP contribution in [-0.2, 0) is 11.2 Å². The van der Waals surface area contributed by atoms with Crippen LogP contribution >= 0.6 is 34.4 Å². The van der Waals surface area contributed by atoms with E-state index in [4.69, 9.17) is 4.52 Å². The van der Waals surface area contributed by atoms with Gasteiger partial charge in [-0.25, -0.2) is 4.98 Å². The van der Waals surface area contributed by atoms with Gasteiger partial charge in [-0.2, -0.15) is 16.3 Å². The molecule has 23 heavy (non-hydrogen) atoms. The Morgan fingerprint density at radius 1 is 1.43 bits per heavy atom. The van der Waals surface area contributed by atoms with Crippen molar-refractivity contribution in [3.63, 3.8) is 0 Å². The summed E-state index contributed by atoms with van der Waals surface area (Å²) in [4.78, 5) is 20.6. The fourth-order valence-corrected chi connectivity index (χ4v) is 4.15. The van der Waals surface area contributed by atoms with Gasteiger partial charge in [0.15, 0.2) is 5.13 Å². The molecular weight excluding hydrogens is 352 g/mol. The van der Waals surface area contributed by atoms with Crippen molar-refractivity contribution < 1.29 is 9.32 Å². The van der Waals surface area contributed by atoms with Gasteiger partial charge < -0.3 is 9.84 Å². The highest BCUT2D eigenvalue weighted by atomic mass is 32.2. The molecular formula is C14H14N4O2S3. The lowest BCUT2D eigenvalue weighted by Gasteiger charge is -1.98. The van der Waals surface area contributed by atoms with Crippen molar-refractivity contribution in [3.05, 3.63) is 28.4 Å². The topological polar surface area (TPSA) is 80.9 Å². The number of amides is 1. The van der Waals surface area contributed by atoms with E-state index in [2.05, 4.69) is 20.4 Å². The summed E-state index contributed by atoms with van der Waals surface area (Å²) in [5.74, 6) is 0.907. The number of thiazole rings is 1. The van der Waals surface area contributed by atoms with Gasteiger partial charge in [0.05, 0.1) is 9.90 Å². The second-order valence-electron chi connectivity index (χ2n) is 4.67. The smallest absolute Gasteiger partial charge is 0.227 e. The number of thiophene rings is 1. The number of hydrogen-bond donors (Lipinski definition) is 1. The minimum atomic E-state index is -0.110. The lowest BCUT2D eigenvalue weighted by molar-refractivity contribution is -0.116. The molecule has 6 nitrogen and oxygen atoms in total. The first-order chi connectivity index (χ1) is 11.2. The first-order valence-electron chi connectivity index (χ1n) is 6.82. The maximum atomic E-state index is 12.0. The fourth-order valence-electron chi connectivity index (χ4n) is 1.89. The minimum Gasteiger partial charge on any atom is -0.339 e.